The van der Waals surface area contributed by atoms with E-state index < -0.39 is 0 Å². The Bertz CT molecular complexity index is 454. The molecule has 2 nitrogen and oxygen atoms in total. The average molecular weight is 290 g/mol. The minimum atomic E-state index is -0.201. The lowest BCUT2D eigenvalue weighted by atomic mass is 9.77. The predicted molar refractivity (Wildman–Crippen MR) is 81.7 cm³/mol. The maximum absolute atomic E-state index is 6.51. The van der Waals surface area contributed by atoms with Crippen molar-refractivity contribution in [2.24, 2.45) is 40.4 Å². The number of rotatable bonds is 0. The molecule has 0 bridgehead atoms. The topological polar surface area (TPSA) is 18.5 Å². The van der Waals surface area contributed by atoms with Gasteiger partial charge in [-0.15, -0.1) is 0 Å². The predicted octanol–water partition coefficient (Wildman–Crippen LogP) is 4.24. The highest BCUT2D eigenvalue weighted by atomic mass is 16.7. The van der Waals surface area contributed by atoms with Gasteiger partial charge in [-0.3, -0.25) is 0 Å². The summed E-state index contributed by atoms with van der Waals surface area (Å²) in [5, 5.41) is 0. The molecule has 118 valence electrons. The molecule has 2 heteroatoms. The second-order valence-corrected chi connectivity index (χ2v) is 9.73. The molecular weight excluding hydrogens is 260 g/mol. The summed E-state index contributed by atoms with van der Waals surface area (Å²) in [6, 6.07) is 0. The van der Waals surface area contributed by atoms with Crippen LogP contribution in [0.2, 0.25) is 0 Å². The molecule has 5 aliphatic rings. The summed E-state index contributed by atoms with van der Waals surface area (Å²) in [5.74, 6) is 4.18. The van der Waals surface area contributed by atoms with Crippen molar-refractivity contribution in [1.29, 1.82) is 0 Å². The molecule has 21 heavy (non-hydrogen) atoms. The Morgan fingerprint density at radius 2 is 1.43 bits per heavy atom. The van der Waals surface area contributed by atoms with Crippen LogP contribution in [0.4, 0.5) is 0 Å². The summed E-state index contributed by atoms with van der Waals surface area (Å²) in [4.78, 5) is 0. The van der Waals surface area contributed by atoms with E-state index >= 15 is 0 Å². The highest BCUT2D eigenvalue weighted by Gasteiger charge is 2.71. The molecular formula is C19H30O2. The molecule has 0 aromatic heterocycles. The van der Waals surface area contributed by atoms with Gasteiger partial charge in [0.1, 0.15) is 0 Å². The van der Waals surface area contributed by atoms with E-state index in [-0.39, 0.29) is 11.2 Å². The molecule has 1 aliphatic heterocycles. The molecule has 0 N–H and O–H groups in total. The monoisotopic (exact) mass is 290 g/mol. The van der Waals surface area contributed by atoms with E-state index in [0.717, 1.165) is 48.7 Å². The fourth-order valence-electron chi connectivity index (χ4n) is 6.78. The van der Waals surface area contributed by atoms with Gasteiger partial charge in [-0.2, -0.15) is 0 Å². The summed E-state index contributed by atoms with van der Waals surface area (Å²) in [6.45, 7) is 8.84. The molecule has 1 heterocycles. The molecule has 5 rings (SSSR count). The second-order valence-electron chi connectivity index (χ2n) is 9.73. The van der Waals surface area contributed by atoms with Crippen molar-refractivity contribution in [3.05, 3.63) is 0 Å². The van der Waals surface area contributed by atoms with Crippen molar-refractivity contribution in [3.8, 4) is 0 Å². The van der Waals surface area contributed by atoms with Gasteiger partial charge in [0.25, 0.3) is 0 Å². The first-order valence-electron chi connectivity index (χ1n) is 9.24. The molecule has 2 spiro atoms. The van der Waals surface area contributed by atoms with Gasteiger partial charge < -0.3 is 9.47 Å². The summed E-state index contributed by atoms with van der Waals surface area (Å²) < 4.78 is 13.0. The van der Waals surface area contributed by atoms with Crippen LogP contribution in [0.25, 0.3) is 0 Å². The van der Waals surface area contributed by atoms with Crippen molar-refractivity contribution in [2.45, 2.75) is 65.1 Å². The molecule has 4 saturated carbocycles. The van der Waals surface area contributed by atoms with Gasteiger partial charge in [-0.25, -0.2) is 0 Å². The van der Waals surface area contributed by atoms with Crippen LogP contribution in [0, 0.1) is 40.4 Å². The Hall–Kier alpha value is -0.0800. The van der Waals surface area contributed by atoms with Crippen LogP contribution < -0.4 is 0 Å². The lowest BCUT2D eigenvalue weighted by molar-refractivity contribution is -0.322. The third-order valence-electron chi connectivity index (χ3n) is 7.98. The zero-order chi connectivity index (χ0) is 14.5. The Morgan fingerprint density at radius 3 is 2.10 bits per heavy atom. The molecule has 0 aromatic rings. The molecule has 0 radical (unpaired) electrons. The van der Waals surface area contributed by atoms with Gasteiger partial charge in [0.2, 0.25) is 0 Å². The first-order chi connectivity index (χ1) is 9.97. The van der Waals surface area contributed by atoms with Crippen molar-refractivity contribution in [3.63, 3.8) is 0 Å². The lowest BCUT2D eigenvalue weighted by Crippen LogP contribution is -2.52. The highest BCUT2D eigenvalue weighted by molar-refractivity contribution is 5.17. The molecule has 4 aliphatic carbocycles. The maximum Gasteiger partial charge on any atom is 0.171 e. The quantitative estimate of drug-likeness (QED) is 0.664. The first kappa shape index (κ1) is 13.4. The van der Waals surface area contributed by atoms with Crippen LogP contribution in [0.15, 0.2) is 0 Å². The van der Waals surface area contributed by atoms with Crippen LogP contribution in [0.3, 0.4) is 0 Å². The third-order valence-corrected chi connectivity index (χ3v) is 7.98. The zero-order valence-electron chi connectivity index (χ0n) is 13.9. The Labute approximate surface area is 129 Å². The molecule has 5 atom stereocenters. The molecule has 1 saturated heterocycles. The van der Waals surface area contributed by atoms with Crippen LogP contribution in [0.5, 0.6) is 0 Å². The maximum atomic E-state index is 6.51. The SMILES string of the molecule is C[C@H]1[C@H]2CCC3(CC3)[C@H]2[C@H]2[C@@H]1CCC21OCC(C)(C)CO1. The minimum Gasteiger partial charge on any atom is -0.349 e. The Balaban J connectivity index is 1.50. The van der Waals surface area contributed by atoms with Gasteiger partial charge >= 0.3 is 0 Å². The minimum absolute atomic E-state index is 0.194. The standard InChI is InChI=1S/C19H30O2/c1-12-13-4-6-18(8-9-18)15(13)16-14(12)5-7-19(16)20-10-17(2,3)11-21-19/h12-16H,4-11H2,1-3H3/t12-,13+,14+,15+,16+/m0/s1. The van der Waals surface area contributed by atoms with E-state index in [1.165, 1.54) is 32.1 Å². The second kappa shape index (κ2) is 3.87. The van der Waals surface area contributed by atoms with Gasteiger partial charge in [0.15, 0.2) is 5.79 Å². The summed E-state index contributed by atoms with van der Waals surface area (Å²) >= 11 is 0. The smallest absolute Gasteiger partial charge is 0.171 e. The Morgan fingerprint density at radius 1 is 0.810 bits per heavy atom. The van der Waals surface area contributed by atoms with Crippen molar-refractivity contribution < 1.29 is 9.47 Å². The van der Waals surface area contributed by atoms with E-state index in [1.807, 2.05) is 0 Å². The number of fused-ring (bicyclic) bond motifs is 5. The largest absolute Gasteiger partial charge is 0.349 e. The van der Waals surface area contributed by atoms with E-state index in [4.69, 9.17) is 9.47 Å². The van der Waals surface area contributed by atoms with Gasteiger partial charge in [0.05, 0.1) is 13.2 Å². The van der Waals surface area contributed by atoms with Crippen molar-refractivity contribution in [1.82, 2.24) is 0 Å². The third kappa shape index (κ3) is 1.62. The zero-order valence-corrected chi connectivity index (χ0v) is 13.9. The van der Waals surface area contributed by atoms with E-state index in [0.29, 0.717) is 5.92 Å². The summed E-state index contributed by atoms with van der Waals surface area (Å²) in [5.41, 5.74) is 0.912. The Kier molecular flexibility index (Phi) is 2.46. The number of ether oxygens (including phenoxy) is 2. The first-order valence-corrected chi connectivity index (χ1v) is 9.24. The van der Waals surface area contributed by atoms with E-state index in [2.05, 4.69) is 20.8 Å². The average Bonchev–Trinajstić information content (AvgIpc) is 2.88. The van der Waals surface area contributed by atoms with Crippen molar-refractivity contribution in [2.75, 3.05) is 13.2 Å². The van der Waals surface area contributed by atoms with Gasteiger partial charge in [-0.05, 0) is 61.2 Å². The van der Waals surface area contributed by atoms with E-state index in [9.17, 15) is 0 Å². The van der Waals surface area contributed by atoms with Crippen LogP contribution in [-0.4, -0.2) is 19.0 Å². The summed E-state index contributed by atoms with van der Waals surface area (Å²) in [7, 11) is 0. The highest BCUT2D eigenvalue weighted by Crippen LogP contribution is 2.75. The van der Waals surface area contributed by atoms with Crippen molar-refractivity contribution >= 4 is 0 Å². The number of hydrogen-bond acceptors (Lipinski definition) is 2. The number of hydrogen-bond donors (Lipinski definition) is 0. The van der Waals surface area contributed by atoms with E-state index in [1.54, 1.807) is 0 Å². The molecule has 0 aromatic carbocycles. The van der Waals surface area contributed by atoms with Gasteiger partial charge in [0, 0.05) is 17.8 Å². The lowest BCUT2D eigenvalue weighted by Gasteiger charge is -2.47. The normalized spacial score (nSPS) is 51.3. The summed E-state index contributed by atoms with van der Waals surface area (Å²) in [6.07, 6.45) is 8.46. The molecule has 5 fully saturated rings. The van der Waals surface area contributed by atoms with Crippen LogP contribution >= 0.6 is 0 Å². The van der Waals surface area contributed by atoms with Crippen LogP contribution in [0.1, 0.15) is 59.3 Å². The molecule has 0 amide bonds. The fraction of sp³-hybridized carbons (Fsp3) is 1.00. The molecule has 0 unspecified atom stereocenters. The fourth-order valence-corrected chi connectivity index (χ4v) is 6.78. The van der Waals surface area contributed by atoms with Gasteiger partial charge in [-0.1, -0.05) is 20.8 Å². The van der Waals surface area contributed by atoms with Crippen LogP contribution in [-0.2, 0) is 9.47 Å².